The Labute approximate surface area is 117 Å². The molecule has 0 saturated heterocycles. The zero-order valence-corrected chi connectivity index (χ0v) is 11.8. The number of hydrogen-bond acceptors (Lipinski definition) is 3. The third kappa shape index (κ3) is 5.26. The van der Waals surface area contributed by atoms with Crippen molar-refractivity contribution in [2.24, 2.45) is 0 Å². The predicted octanol–water partition coefficient (Wildman–Crippen LogP) is 1.25. The predicted molar refractivity (Wildman–Crippen MR) is 74.5 cm³/mol. The molecule has 0 aliphatic heterocycles. The molecule has 0 spiro atoms. The lowest BCUT2D eigenvalue weighted by atomic mass is 10.1. The molecule has 20 heavy (non-hydrogen) atoms. The summed E-state index contributed by atoms with van der Waals surface area (Å²) in [7, 11) is 0. The van der Waals surface area contributed by atoms with Gasteiger partial charge < -0.3 is 15.4 Å². The fraction of sp³-hybridized carbons (Fsp3) is 0.500. The highest BCUT2D eigenvalue weighted by molar-refractivity contribution is 5.75. The molecule has 0 atom stereocenters. The van der Waals surface area contributed by atoms with E-state index in [-0.39, 0.29) is 30.9 Å². The van der Waals surface area contributed by atoms with E-state index in [2.05, 4.69) is 10.3 Å². The molecular weight excluding hydrogens is 260 g/mol. The Balaban J connectivity index is 2.42. The second-order valence-corrected chi connectivity index (χ2v) is 4.82. The molecular formula is C14H20N2O4. The fourth-order valence-electron chi connectivity index (χ4n) is 1.94. The number of carboxylic acids is 1. The van der Waals surface area contributed by atoms with Gasteiger partial charge in [0.2, 0.25) is 5.91 Å². The van der Waals surface area contributed by atoms with Crippen LogP contribution in [0, 0.1) is 13.8 Å². The summed E-state index contributed by atoms with van der Waals surface area (Å²) >= 11 is 0. The topological polar surface area (TPSA) is 99.3 Å². The number of H-pyrrole nitrogens is 1. The van der Waals surface area contributed by atoms with E-state index >= 15 is 0 Å². The van der Waals surface area contributed by atoms with E-state index in [0.29, 0.717) is 18.4 Å². The Morgan fingerprint density at radius 3 is 2.50 bits per heavy atom. The maximum Gasteiger partial charge on any atom is 0.303 e. The monoisotopic (exact) mass is 280 g/mol. The minimum Gasteiger partial charge on any atom is -0.481 e. The van der Waals surface area contributed by atoms with Crippen molar-refractivity contribution in [3.05, 3.63) is 33.2 Å². The van der Waals surface area contributed by atoms with Gasteiger partial charge in [0.1, 0.15) is 0 Å². The molecule has 0 aromatic carbocycles. The molecule has 1 heterocycles. The zero-order valence-electron chi connectivity index (χ0n) is 11.8. The molecule has 0 unspecified atom stereocenters. The molecule has 1 amide bonds. The van der Waals surface area contributed by atoms with Crippen molar-refractivity contribution in [2.45, 2.75) is 46.1 Å². The van der Waals surface area contributed by atoms with Crippen LogP contribution in [0.1, 0.15) is 42.5 Å². The van der Waals surface area contributed by atoms with Gasteiger partial charge >= 0.3 is 5.97 Å². The normalized spacial score (nSPS) is 10.3. The average Bonchev–Trinajstić information content (AvgIpc) is 2.33. The van der Waals surface area contributed by atoms with E-state index in [1.807, 2.05) is 13.0 Å². The summed E-state index contributed by atoms with van der Waals surface area (Å²) in [4.78, 5) is 36.3. The van der Waals surface area contributed by atoms with Crippen molar-refractivity contribution in [3.63, 3.8) is 0 Å². The number of rotatable bonds is 7. The smallest absolute Gasteiger partial charge is 0.303 e. The number of aromatic nitrogens is 1. The first kappa shape index (κ1) is 15.9. The zero-order chi connectivity index (χ0) is 15.1. The van der Waals surface area contributed by atoms with Crippen LogP contribution in [0.25, 0.3) is 0 Å². The van der Waals surface area contributed by atoms with Gasteiger partial charge in [0.25, 0.3) is 5.56 Å². The molecule has 6 nitrogen and oxygen atoms in total. The highest BCUT2D eigenvalue weighted by atomic mass is 16.4. The van der Waals surface area contributed by atoms with Gasteiger partial charge in [-0.25, -0.2) is 0 Å². The largest absolute Gasteiger partial charge is 0.481 e. The van der Waals surface area contributed by atoms with Crippen molar-refractivity contribution in [3.8, 4) is 0 Å². The summed E-state index contributed by atoms with van der Waals surface area (Å²) in [5, 5.41) is 11.2. The van der Waals surface area contributed by atoms with Crippen LogP contribution >= 0.6 is 0 Å². The van der Waals surface area contributed by atoms with Crippen LogP contribution in [0.4, 0.5) is 0 Å². The summed E-state index contributed by atoms with van der Waals surface area (Å²) in [6, 6.07) is 1.86. The number of unbranched alkanes of at least 4 members (excludes halogenated alkanes) is 1. The molecule has 0 radical (unpaired) electrons. The molecule has 0 aliphatic rings. The molecule has 0 saturated carbocycles. The van der Waals surface area contributed by atoms with Gasteiger partial charge in [-0.05, 0) is 38.3 Å². The van der Waals surface area contributed by atoms with Gasteiger partial charge in [-0.1, -0.05) is 0 Å². The highest BCUT2D eigenvalue weighted by Gasteiger charge is 2.07. The van der Waals surface area contributed by atoms with Crippen LogP contribution in [0.15, 0.2) is 10.9 Å². The van der Waals surface area contributed by atoms with Crippen molar-refractivity contribution >= 4 is 11.9 Å². The van der Waals surface area contributed by atoms with Crippen molar-refractivity contribution in [1.82, 2.24) is 10.3 Å². The summed E-state index contributed by atoms with van der Waals surface area (Å²) < 4.78 is 0. The Morgan fingerprint density at radius 2 is 1.90 bits per heavy atom. The van der Waals surface area contributed by atoms with E-state index in [0.717, 1.165) is 11.3 Å². The van der Waals surface area contributed by atoms with Gasteiger partial charge in [-0.2, -0.15) is 0 Å². The minimum atomic E-state index is -0.854. The minimum absolute atomic E-state index is 0.0734. The molecule has 0 bridgehead atoms. The van der Waals surface area contributed by atoms with E-state index in [4.69, 9.17) is 5.11 Å². The van der Waals surface area contributed by atoms with Gasteiger partial charge in [-0.3, -0.25) is 14.4 Å². The van der Waals surface area contributed by atoms with Gasteiger partial charge in [0.05, 0.1) is 0 Å². The number of hydrogen-bond donors (Lipinski definition) is 3. The number of aryl methyl sites for hydroxylation is 2. The van der Waals surface area contributed by atoms with E-state index in [9.17, 15) is 14.4 Å². The standard InChI is InChI=1S/C14H20N2O4/c1-9-7-10(2)16-14(20)11(9)8-15-12(17)5-3-4-6-13(18)19/h7H,3-6,8H2,1-2H3,(H,15,17)(H,16,20)(H,18,19). The summed E-state index contributed by atoms with van der Waals surface area (Å²) in [6.45, 7) is 3.83. The number of pyridine rings is 1. The van der Waals surface area contributed by atoms with Crippen molar-refractivity contribution < 1.29 is 14.7 Å². The number of amides is 1. The first-order valence-electron chi connectivity index (χ1n) is 6.58. The second-order valence-electron chi connectivity index (χ2n) is 4.82. The molecule has 1 aromatic rings. The third-order valence-electron chi connectivity index (χ3n) is 3.00. The van der Waals surface area contributed by atoms with Crippen LogP contribution in [0.2, 0.25) is 0 Å². The van der Waals surface area contributed by atoms with E-state index < -0.39 is 5.97 Å². The molecule has 0 aliphatic carbocycles. The Kier molecular flexibility index (Phi) is 5.96. The van der Waals surface area contributed by atoms with Crippen LogP contribution in [0.5, 0.6) is 0 Å². The van der Waals surface area contributed by atoms with Crippen molar-refractivity contribution in [1.29, 1.82) is 0 Å². The van der Waals surface area contributed by atoms with Crippen LogP contribution in [-0.4, -0.2) is 22.0 Å². The lowest BCUT2D eigenvalue weighted by Gasteiger charge is -2.08. The lowest BCUT2D eigenvalue weighted by Crippen LogP contribution is -2.27. The maximum absolute atomic E-state index is 11.7. The van der Waals surface area contributed by atoms with E-state index in [1.54, 1.807) is 6.92 Å². The summed E-state index contributed by atoms with van der Waals surface area (Å²) in [5.41, 5.74) is 2.00. The highest BCUT2D eigenvalue weighted by Crippen LogP contribution is 2.04. The number of carbonyl (C=O) groups is 2. The molecule has 3 N–H and O–H groups in total. The third-order valence-corrected chi connectivity index (χ3v) is 3.00. The quantitative estimate of drug-likeness (QED) is 0.654. The summed E-state index contributed by atoms with van der Waals surface area (Å²) in [5.74, 6) is -1.03. The van der Waals surface area contributed by atoms with Crippen molar-refractivity contribution in [2.75, 3.05) is 0 Å². The maximum atomic E-state index is 11.7. The lowest BCUT2D eigenvalue weighted by molar-refractivity contribution is -0.137. The molecule has 0 fully saturated rings. The Morgan fingerprint density at radius 1 is 1.25 bits per heavy atom. The van der Waals surface area contributed by atoms with Gasteiger partial charge in [0.15, 0.2) is 0 Å². The molecule has 110 valence electrons. The van der Waals surface area contributed by atoms with E-state index in [1.165, 1.54) is 0 Å². The summed E-state index contributed by atoms with van der Waals surface area (Å²) in [6.07, 6.45) is 1.36. The Bertz CT molecular complexity index is 549. The first-order chi connectivity index (χ1) is 9.40. The molecule has 6 heteroatoms. The van der Waals surface area contributed by atoms with Gasteiger partial charge in [-0.15, -0.1) is 0 Å². The SMILES string of the molecule is Cc1cc(C)c(CNC(=O)CCCCC(=O)O)c(=O)[nH]1. The van der Waals surface area contributed by atoms with Crippen LogP contribution < -0.4 is 10.9 Å². The molecule has 1 aromatic heterocycles. The van der Waals surface area contributed by atoms with Crippen LogP contribution in [-0.2, 0) is 16.1 Å². The average molecular weight is 280 g/mol. The number of carbonyl (C=O) groups excluding carboxylic acids is 1. The first-order valence-corrected chi connectivity index (χ1v) is 6.58. The van der Waals surface area contributed by atoms with Crippen LogP contribution in [0.3, 0.4) is 0 Å². The number of carboxylic acid groups (broad SMARTS) is 1. The number of nitrogens with one attached hydrogen (secondary N) is 2. The Hall–Kier alpha value is -2.11. The number of aromatic amines is 1. The van der Waals surface area contributed by atoms with Gasteiger partial charge in [0, 0.05) is 30.6 Å². The number of aliphatic carboxylic acids is 1. The second kappa shape index (κ2) is 7.47. The fourth-order valence-corrected chi connectivity index (χ4v) is 1.94. The molecule has 1 rings (SSSR count).